The maximum Gasteiger partial charge on any atom is 0.288 e. The van der Waals surface area contributed by atoms with Gasteiger partial charge in [-0.1, -0.05) is 84.9 Å². The van der Waals surface area contributed by atoms with E-state index < -0.39 is 28.9 Å². The van der Waals surface area contributed by atoms with Gasteiger partial charge in [0.05, 0.1) is 11.4 Å². The summed E-state index contributed by atoms with van der Waals surface area (Å²) in [5.74, 6) is -9.88. The predicted molar refractivity (Wildman–Crippen MR) is 180 cm³/mol. The van der Waals surface area contributed by atoms with Crippen LogP contribution in [0.25, 0.3) is 55.2 Å². The fourth-order valence-electron chi connectivity index (χ4n) is 6.89. The summed E-state index contributed by atoms with van der Waals surface area (Å²) in [6.07, 6.45) is 2.81. The number of benzene rings is 5. The predicted octanol–water partition coefficient (Wildman–Crippen LogP) is 11.4. The van der Waals surface area contributed by atoms with Crippen LogP contribution in [0.4, 0.5) is 17.6 Å². The number of hydrogen-bond donors (Lipinski definition) is 0. The number of halogens is 4. The van der Waals surface area contributed by atoms with E-state index in [9.17, 15) is 0 Å². The second-order valence-electron chi connectivity index (χ2n) is 12.3. The van der Waals surface area contributed by atoms with Crippen molar-refractivity contribution in [1.82, 2.24) is 9.97 Å². The lowest BCUT2D eigenvalue weighted by Gasteiger charge is -2.24. The van der Waals surface area contributed by atoms with E-state index in [2.05, 4.69) is 42.2 Å². The van der Waals surface area contributed by atoms with Gasteiger partial charge in [0, 0.05) is 34.6 Å². The lowest BCUT2D eigenvalue weighted by molar-refractivity contribution is -0.120. The molecule has 0 spiro atoms. The quantitative estimate of drug-likeness (QED) is 0.182. The van der Waals surface area contributed by atoms with E-state index in [4.69, 9.17) is 4.98 Å². The van der Waals surface area contributed by atoms with Crippen LogP contribution in [0.15, 0.2) is 128 Å². The number of nitrogens with zero attached hydrogens (tertiary/aromatic N) is 2. The Morgan fingerprint density at radius 2 is 1.21 bits per heavy atom. The first-order valence-corrected chi connectivity index (χ1v) is 15.4. The third kappa shape index (κ3) is 4.62. The van der Waals surface area contributed by atoms with Gasteiger partial charge in [-0.3, -0.25) is 9.97 Å². The van der Waals surface area contributed by atoms with Crippen LogP contribution in [0.5, 0.6) is 0 Å². The molecule has 0 saturated heterocycles. The molecule has 2 aromatic heterocycles. The molecule has 1 aliphatic carbocycles. The number of rotatable bonds is 4. The molecule has 1 atom stereocenters. The van der Waals surface area contributed by atoms with Gasteiger partial charge in [0.2, 0.25) is 0 Å². The summed E-state index contributed by atoms with van der Waals surface area (Å²) in [5, 5.41) is 3.96. The van der Waals surface area contributed by atoms with Crippen LogP contribution in [-0.4, -0.2) is 9.97 Å². The molecule has 7 aromatic rings. The van der Waals surface area contributed by atoms with Crippen molar-refractivity contribution in [3.8, 4) is 33.6 Å². The van der Waals surface area contributed by atoms with Gasteiger partial charge in [-0.05, 0) is 93.5 Å². The molecule has 0 saturated carbocycles. The number of aromatic nitrogens is 2. The summed E-state index contributed by atoms with van der Waals surface area (Å²) in [5.41, 5.74) is 5.32. The van der Waals surface area contributed by atoms with Crippen molar-refractivity contribution in [2.75, 3.05) is 0 Å². The summed E-state index contributed by atoms with van der Waals surface area (Å²) in [6.45, 7) is 4.11. The molecule has 0 fully saturated rings. The molecule has 0 N–H and O–H groups in total. The van der Waals surface area contributed by atoms with E-state index in [0.29, 0.717) is 5.56 Å². The highest BCUT2D eigenvalue weighted by Gasteiger charge is 2.65. The second-order valence-corrected chi connectivity index (χ2v) is 12.3. The Kier molecular flexibility index (Phi) is 6.55. The Balaban J connectivity index is 1.28. The van der Waals surface area contributed by atoms with Crippen molar-refractivity contribution >= 4 is 21.5 Å². The smallest absolute Gasteiger partial charge is 0.256 e. The van der Waals surface area contributed by atoms with Gasteiger partial charge in [0.15, 0.2) is 0 Å². The lowest BCUT2D eigenvalue weighted by Crippen LogP contribution is -2.27. The van der Waals surface area contributed by atoms with Crippen LogP contribution in [0, 0.1) is 13.8 Å². The highest BCUT2D eigenvalue weighted by atomic mass is 19.3. The molecule has 0 amide bonds. The fourth-order valence-corrected chi connectivity index (χ4v) is 6.89. The van der Waals surface area contributed by atoms with E-state index >= 15 is 17.6 Å². The minimum Gasteiger partial charge on any atom is -0.256 e. The van der Waals surface area contributed by atoms with Crippen LogP contribution < -0.4 is 0 Å². The van der Waals surface area contributed by atoms with Crippen LogP contribution in [0.1, 0.15) is 33.7 Å². The van der Waals surface area contributed by atoms with Crippen molar-refractivity contribution in [2.45, 2.75) is 31.6 Å². The molecule has 47 heavy (non-hydrogen) atoms. The summed E-state index contributed by atoms with van der Waals surface area (Å²) in [6, 6.07) is 34.6. The third-order valence-corrected chi connectivity index (χ3v) is 9.48. The second kappa shape index (κ2) is 10.6. The number of aryl methyl sites for hydroxylation is 2. The Labute approximate surface area is 269 Å². The van der Waals surface area contributed by atoms with Crippen LogP contribution in [0.2, 0.25) is 0 Å². The summed E-state index contributed by atoms with van der Waals surface area (Å²) in [4.78, 5) is 9.04. The van der Waals surface area contributed by atoms with Crippen LogP contribution in [0.3, 0.4) is 0 Å². The molecule has 1 aliphatic rings. The van der Waals surface area contributed by atoms with Crippen LogP contribution in [-0.2, 0) is 11.8 Å². The normalized spacial score (nSPS) is 16.4. The summed E-state index contributed by atoms with van der Waals surface area (Å²) in [7, 11) is 0. The van der Waals surface area contributed by atoms with E-state index in [1.165, 1.54) is 24.3 Å². The van der Waals surface area contributed by atoms with E-state index in [1.807, 2.05) is 55.6 Å². The molecule has 0 aliphatic heterocycles. The number of fused-ring (bicyclic) bond motifs is 3. The monoisotopic (exact) mass is 624 g/mol. The minimum absolute atomic E-state index is 0.110. The van der Waals surface area contributed by atoms with E-state index in [0.717, 1.165) is 67.3 Å². The molecule has 2 nitrogen and oxygen atoms in total. The van der Waals surface area contributed by atoms with Gasteiger partial charge in [-0.15, -0.1) is 0 Å². The van der Waals surface area contributed by atoms with Gasteiger partial charge in [-0.2, -0.15) is 0 Å². The largest absolute Gasteiger partial charge is 0.288 e. The Bertz CT molecular complexity index is 2350. The zero-order valence-electron chi connectivity index (χ0n) is 25.6. The van der Waals surface area contributed by atoms with Gasteiger partial charge < -0.3 is 0 Å². The number of alkyl halides is 4. The lowest BCUT2D eigenvalue weighted by atomic mass is 9.90. The van der Waals surface area contributed by atoms with Gasteiger partial charge in [0.25, 0.3) is 11.8 Å². The highest BCUT2D eigenvalue weighted by Crippen LogP contribution is 2.62. The number of hydrogen-bond acceptors (Lipinski definition) is 2. The van der Waals surface area contributed by atoms with E-state index in [1.54, 1.807) is 12.1 Å². The summed E-state index contributed by atoms with van der Waals surface area (Å²) >= 11 is 0. The molecule has 8 rings (SSSR count). The van der Waals surface area contributed by atoms with Crippen LogP contribution >= 0.6 is 0 Å². The van der Waals surface area contributed by atoms with Crippen molar-refractivity contribution < 1.29 is 17.6 Å². The Morgan fingerprint density at radius 1 is 0.511 bits per heavy atom. The minimum atomic E-state index is -3.79. The van der Waals surface area contributed by atoms with Crippen molar-refractivity contribution in [3.63, 3.8) is 0 Å². The zero-order valence-corrected chi connectivity index (χ0v) is 25.6. The first-order chi connectivity index (χ1) is 22.6. The molecule has 2 heterocycles. The average Bonchev–Trinajstić information content (AvgIpc) is 3.24. The standard InChI is InChI=1S/C41H28F4N2/c1-24-17-37(46-22-25(24)2)30-18-28-11-6-7-13-31(28)34(20-30)32-14-8-12-26-15-16-29(19-33(26)32)38-21-35-36(23-47-38)41(44,45)39(40(35,42)43)27-9-4-3-5-10-27/h3-23,39H,1-2H3. The SMILES string of the molecule is Cc1cnc(-c2cc(-c3cccc4ccc(-c5cc6c(cn5)C(F)(F)C(c5ccccc5)C6(F)F)cc34)c3ccccc3c2)cc1C. The molecule has 6 heteroatoms. The first kappa shape index (κ1) is 29.1. The topological polar surface area (TPSA) is 25.8 Å². The van der Waals surface area contributed by atoms with E-state index in [-0.39, 0.29) is 11.3 Å². The average molecular weight is 625 g/mol. The molecule has 5 aromatic carbocycles. The first-order valence-electron chi connectivity index (χ1n) is 15.4. The van der Waals surface area contributed by atoms with Crippen molar-refractivity contribution in [2.24, 2.45) is 0 Å². The number of pyridine rings is 2. The van der Waals surface area contributed by atoms with Gasteiger partial charge in [-0.25, -0.2) is 17.6 Å². The van der Waals surface area contributed by atoms with Gasteiger partial charge >= 0.3 is 0 Å². The molecule has 230 valence electrons. The van der Waals surface area contributed by atoms with Crippen molar-refractivity contribution in [1.29, 1.82) is 0 Å². The van der Waals surface area contributed by atoms with Crippen molar-refractivity contribution in [3.05, 3.63) is 155 Å². The Hall–Kier alpha value is -5.36. The maximum absolute atomic E-state index is 15.9. The molecular weight excluding hydrogens is 596 g/mol. The molecule has 0 bridgehead atoms. The fraction of sp³-hybridized carbons (Fsp3) is 0.122. The maximum atomic E-state index is 15.9. The Morgan fingerprint density at radius 3 is 2.02 bits per heavy atom. The zero-order chi connectivity index (χ0) is 32.5. The summed E-state index contributed by atoms with van der Waals surface area (Å²) < 4.78 is 62.9. The van der Waals surface area contributed by atoms with Gasteiger partial charge in [0.1, 0.15) is 5.92 Å². The molecular formula is C41H28F4N2. The third-order valence-electron chi connectivity index (χ3n) is 9.48. The molecule has 1 unspecified atom stereocenters. The highest BCUT2D eigenvalue weighted by molar-refractivity contribution is 6.07. The molecule has 0 radical (unpaired) electrons.